The zero-order chi connectivity index (χ0) is 15.2. The van der Waals surface area contributed by atoms with Crippen LogP contribution in [0.3, 0.4) is 0 Å². The van der Waals surface area contributed by atoms with E-state index in [1.54, 1.807) is 6.07 Å². The molecule has 1 N–H and O–H groups in total. The number of rotatable bonds is 6. The fourth-order valence-corrected chi connectivity index (χ4v) is 2.86. The van der Waals surface area contributed by atoms with E-state index >= 15 is 0 Å². The van der Waals surface area contributed by atoms with Gasteiger partial charge in [-0.25, -0.2) is 0 Å². The third-order valence-corrected chi connectivity index (χ3v) is 4.06. The summed E-state index contributed by atoms with van der Waals surface area (Å²) in [5, 5.41) is 4.91. The minimum absolute atomic E-state index is 0.142. The van der Waals surface area contributed by atoms with Crippen LogP contribution in [0.1, 0.15) is 36.2 Å². The van der Waals surface area contributed by atoms with Crippen LogP contribution in [-0.2, 0) is 6.42 Å². The molecule has 0 radical (unpaired) electrons. The van der Waals surface area contributed by atoms with Gasteiger partial charge in [-0.2, -0.15) is 0 Å². The molecule has 2 rings (SSSR count). The Hall–Kier alpha value is -1.09. The molecule has 0 aliphatic heterocycles. The van der Waals surface area contributed by atoms with Crippen LogP contribution < -0.4 is 5.32 Å². The summed E-state index contributed by atoms with van der Waals surface area (Å²) < 4.78 is 0. The first kappa shape index (κ1) is 16.3. The predicted molar refractivity (Wildman–Crippen MR) is 90.2 cm³/mol. The van der Waals surface area contributed by atoms with E-state index < -0.39 is 0 Å². The Bertz CT molecular complexity index is 599. The Kier molecular flexibility index (Phi) is 6.04. The van der Waals surface area contributed by atoms with Crippen LogP contribution in [0.5, 0.6) is 0 Å². The minimum Gasteiger partial charge on any atom is -0.310 e. The standard InChI is InChI=1S/C17H20Cl2N2/c1-3-8-20-17(11-16-12(2)5-4-9-21-16)14-7-6-13(18)10-15(14)19/h4-7,9-10,17,20H,3,8,11H2,1-2H3. The molecule has 2 aromatic rings. The van der Waals surface area contributed by atoms with Crippen LogP contribution in [0.25, 0.3) is 0 Å². The van der Waals surface area contributed by atoms with Gasteiger partial charge in [0.1, 0.15) is 0 Å². The number of benzene rings is 1. The van der Waals surface area contributed by atoms with Crippen molar-refractivity contribution in [3.05, 3.63) is 63.4 Å². The molecule has 1 atom stereocenters. The van der Waals surface area contributed by atoms with Gasteiger partial charge in [0.25, 0.3) is 0 Å². The summed E-state index contributed by atoms with van der Waals surface area (Å²) in [4.78, 5) is 4.49. The molecule has 0 aliphatic carbocycles. The van der Waals surface area contributed by atoms with Gasteiger partial charge >= 0.3 is 0 Å². The highest BCUT2D eigenvalue weighted by Gasteiger charge is 2.16. The average molecular weight is 323 g/mol. The molecule has 0 saturated carbocycles. The largest absolute Gasteiger partial charge is 0.310 e. The van der Waals surface area contributed by atoms with Crippen LogP contribution in [0.2, 0.25) is 10.0 Å². The van der Waals surface area contributed by atoms with Crippen molar-refractivity contribution in [1.29, 1.82) is 0 Å². The number of aryl methyl sites for hydroxylation is 1. The number of aromatic nitrogens is 1. The van der Waals surface area contributed by atoms with Gasteiger partial charge in [-0.1, -0.05) is 42.3 Å². The van der Waals surface area contributed by atoms with Crippen LogP contribution in [0, 0.1) is 6.92 Å². The van der Waals surface area contributed by atoms with Crippen molar-refractivity contribution in [1.82, 2.24) is 10.3 Å². The Morgan fingerprint density at radius 2 is 2.05 bits per heavy atom. The second-order valence-corrected chi connectivity index (χ2v) is 5.99. The summed E-state index contributed by atoms with van der Waals surface area (Å²) in [5.41, 5.74) is 3.36. The third kappa shape index (κ3) is 4.44. The first-order valence-electron chi connectivity index (χ1n) is 7.20. The van der Waals surface area contributed by atoms with Crippen molar-refractivity contribution >= 4 is 23.2 Å². The molecule has 1 unspecified atom stereocenters. The van der Waals surface area contributed by atoms with Crippen molar-refractivity contribution in [3.8, 4) is 0 Å². The highest BCUT2D eigenvalue weighted by molar-refractivity contribution is 6.35. The number of pyridine rings is 1. The highest BCUT2D eigenvalue weighted by atomic mass is 35.5. The van der Waals surface area contributed by atoms with Gasteiger partial charge in [0.05, 0.1) is 0 Å². The summed E-state index contributed by atoms with van der Waals surface area (Å²) in [5.74, 6) is 0. The van der Waals surface area contributed by atoms with Crippen LogP contribution >= 0.6 is 23.2 Å². The topological polar surface area (TPSA) is 24.9 Å². The molecular formula is C17H20Cl2N2. The van der Waals surface area contributed by atoms with E-state index in [4.69, 9.17) is 23.2 Å². The first-order valence-corrected chi connectivity index (χ1v) is 7.96. The first-order chi connectivity index (χ1) is 10.1. The van der Waals surface area contributed by atoms with Crippen LogP contribution in [0.15, 0.2) is 36.5 Å². The van der Waals surface area contributed by atoms with Gasteiger partial charge in [0.2, 0.25) is 0 Å². The van der Waals surface area contributed by atoms with Crippen molar-refractivity contribution in [2.45, 2.75) is 32.7 Å². The summed E-state index contributed by atoms with van der Waals surface area (Å²) >= 11 is 12.4. The van der Waals surface area contributed by atoms with E-state index in [1.807, 2.05) is 24.4 Å². The molecule has 1 heterocycles. The van der Waals surface area contributed by atoms with Gasteiger partial charge in [-0.3, -0.25) is 4.98 Å². The Morgan fingerprint density at radius 3 is 2.71 bits per heavy atom. The fourth-order valence-electron chi connectivity index (χ4n) is 2.32. The summed E-state index contributed by atoms with van der Waals surface area (Å²) in [6, 6.07) is 9.86. The molecule has 2 nitrogen and oxygen atoms in total. The van der Waals surface area contributed by atoms with Crippen LogP contribution in [0.4, 0.5) is 0 Å². The Balaban J connectivity index is 2.27. The fraction of sp³-hybridized carbons (Fsp3) is 0.353. The molecule has 0 aliphatic rings. The lowest BCUT2D eigenvalue weighted by molar-refractivity contribution is 0.523. The lowest BCUT2D eigenvalue weighted by Gasteiger charge is -2.21. The van der Waals surface area contributed by atoms with E-state index in [2.05, 4.69) is 30.2 Å². The van der Waals surface area contributed by atoms with E-state index in [-0.39, 0.29) is 6.04 Å². The van der Waals surface area contributed by atoms with Gasteiger partial charge in [-0.15, -0.1) is 0 Å². The quantitative estimate of drug-likeness (QED) is 0.811. The molecule has 0 saturated heterocycles. The van der Waals surface area contributed by atoms with Crippen LogP contribution in [-0.4, -0.2) is 11.5 Å². The monoisotopic (exact) mass is 322 g/mol. The van der Waals surface area contributed by atoms with Gasteiger partial charge in [0, 0.05) is 34.4 Å². The lowest BCUT2D eigenvalue weighted by Crippen LogP contribution is -2.25. The second kappa shape index (κ2) is 7.79. The van der Waals surface area contributed by atoms with E-state index in [1.165, 1.54) is 5.56 Å². The number of hydrogen-bond donors (Lipinski definition) is 1. The van der Waals surface area contributed by atoms with Gasteiger partial charge < -0.3 is 5.32 Å². The molecule has 4 heteroatoms. The summed E-state index contributed by atoms with van der Waals surface area (Å²) in [6.45, 7) is 5.18. The van der Waals surface area contributed by atoms with E-state index in [9.17, 15) is 0 Å². The number of nitrogens with zero attached hydrogens (tertiary/aromatic N) is 1. The molecule has 0 spiro atoms. The average Bonchev–Trinajstić information content (AvgIpc) is 2.46. The van der Waals surface area contributed by atoms with Crippen molar-refractivity contribution in [2.75, 3.05) is 6.54 Å². The minimum atomic E-state index is 0.142. The molecule has 1 aromatic carbocycles. The highest BCUT2D eigenvalue weighted by Crippen LogP contribution is 2.28. The molecule has 0 fully saturated rings. The maximum absolute atomic E-state index is 6.36. The predicted octanol–water partition coefficient (Wildman–Crippen LogP) is 4.98. The van der Waals surface area contributed by atoms with Gasteiger partial charge in [0.15, 0.2) is 0 Å². The van der Waals surface area contributed by atoms with Gasteiger partial charge in [-0.05, 0) is 49.2 Å². The molecule has 1 aromatic heterocycles. The molecular weight excluding hydrogens is 303 g/mol. The Labute approximate surface area is 136 Å². The lowest BCUT2D eigenvalue weighted by atomic mass is 9.99. The summed E-state index contributed by atoms with van der Waals surface area (Å²) in [7, 11) is 0. The molecule has 112 valence electrons. The Morgan fingerprint density at radius 1 is 1.24 bits per heavy atom. The van der Waals surface area contributed by atoms with E-state index in [0.29, 0.717) is 10.0 Å². The number of hydrogen-bond acceptors (Lipinski definition) is 2. The van der Waals surface area contributed by atoms with Crippen molar-refractivity contribution in [3.63, 3.8) is 0 Å². The number of halogens is 2. The zero-order valence-electron chi connectivity index (χ0n) is 12.4. The smallest absolute Gasteiger partial charge is 0.0468 e. The zero-order valence-corrected chi connectivity index (χ0v) is 13.9. The third-order valence-electron chi connectivity index (χ3n) is 3.49. The molecule has 21 heavy (non-hydrogen) atoms. The maximum atomic E-state index is 6.36. The molecule has 0 bridgehead atoms. The summed E-state index contributed by atoms with van der Waals surface area (Å²) in [6.07, 6.45) is 3.72. The molecule has 0 amide bonds. The van der Waals surface area contributed by atoms with Crippen molar-refractivity contribution < 1.29 is 0 Å². The maximum Gasteiger partial charge on any atom is 0.0468 e. The SMILES string of the molecule is CCCNC(Cc1ncccc1C)c1ccc(Cl)cc1Cl. The number of nitrogens with one attached hydrogen (secondary N) is 1. The van der Waals surface area contributed by atoms with Crippen molar-refractivity contribution in [2.24, 2.45) is 0 Å². The normalized spacial score (nSPS) is 12.4. The second-order valence-electron chi connectivity index (χ2n) is 5.14. The van der Waals surface area contributed by atoms with E-state index in [0.717, 1.165) is 30.6 Å².